The van der Waals surface area contributed by atoms with Gasteiger partial charge in [0.25, 0.3) is 0 Å². The highest BCUT2D eigenvalue weighted by Crippen LogP contribution is 2.30. The molecule has 0 radical (unpaired) electrons. The lowest BCUT2D eigenvalue weighted by Crippen LogP contribution is -2.27. The number of carbonyl (C=O) groups excluding carboxylic acids is 2. The van der Waals surface area contributed by atoms with E-state index in [1.165, 1.54) is 0 Å². The third-order valence-electron chi connectivity index (χ3n) is 3.06. The second kappa shape index (κ2) is 5.17. The van der Waals surface area contributed by atoms with Gasteiger partial charge < -0.3 is 30.0 Å². The van der Waals surface area contributed by atoms with Crippen molar-refractivity contribution < 1.29 is 39.6 Å². The monoisotopic (exact) mass is 302 g/mol. The SMILES string of the molecule is O=C([O-])c1ccc(C(=O)O)c2c(C(=O)O)ccc(C(=O)[O-])c12. The Morgan fingerprint density at radius 3 is 1.18 bits per heavy atom. The van der Waals surface area contributed by atoms with Crippen molar-refractivity contribution in [3.8, 4) is 0 Å². The Kier molecular flexibility index (Phi) is 3.52. The molecule has 0 aromatic heterocycles. The summed E-state index contributed by atoms with van der Waals surface area (Å²) in [5, 5.41) is 39.5. The van der Waals surface area contributed by atoms with E-state index >= 15 is 0 Å². The van der Waals surface area contributed by atoms with Crippen LogP contribution in [0, 0.1) is 0 Å². The smallest absolute Gasteiger partial charge is 0.336 e. The molecule has 0 bridgehead atoms. The van der Waals surface area contributed by atoms with E-state index in [1.807, 2.05) is 0 Å². The molecule has 0 aliphatic heterocycles. The highest BCUT2D eigenvalue weighted by atomic mass is 16.4. The summed E-state index contributed by atoms with van der Waals surface area (Å²) >= 11 is 0. The van der Waals surface area contributed by atoms with Crippen molar-refractivity contribution in [2.75, 3.05) is 0 Å². The Bertz CT molecular complexity index is 712. The summed E-state index contributed by atoms with van der Waals surface area (Å²) in [7, 11) is 0. The molecule has 0 heterocycles. The van der Waals surface area contributed by atoms with Gasteiger partial charge in [0.2, 0.25) is 0 Å². The molecule has 0 amide bonds. The van der Waals surface area contributed by atoms with Crippen LogP contribution in [0.1, 0.15) is 41.4 Å². The Hall–Kier alpha value is -3.42. The average molecular weight is 302 g/mol. The summed E-state index contributed by atoms with van der Waals surface area (Å²) in [6.45, 7) is 0. The summed E-state index contributed by atoms with van der Waals surface area (Å²) in [6, 6.07) is 3.45. The van der Waals surface area contributed by atoms with Crippen molar-refractivity contribution in [1.82, 2.24) is 0 Å². The first-order chi connectivity index (χ1) is 10.3. The zero-order chi connectivity index (χ0) is 16.6. The molecule has 112 valence electrons. The van der Waals surface area contributed by atoms with Crippen LogP contribution in [0.2, 0.25) is 0 Å². The first-order valence-corrected chi connectivity index (χ1v) is 5.74. The fourth-order valence-electron chi connectivity index (χ4n) is 2.19. The van der Waals surface area contributed by atoms with E-state index < -0.39 is 56.9 Å². The van der Waals surface area contributed by atoms with E-state index in [2.05, 4.69) is 0 Å². The lowest BCUT2D eigenvalue weighted by atomic mass is 9.91. The molecule has 2 aromatic rings. The Labute approximate surface area is 121 Å². The van der Waals surface area contributed by atoms with Gasteiger partial charge in [-0.3, -0.25) is 0 Å². The molecule has 0 saturated carbocycles. The Morgan fingerprint density at radius 2 is 0.909 bits per heavy atom. The van der Waals surface area contributed by atoms with Crippen LogP contribution in [0.25, 0.3) is 10.8 Å². The van der Waals surface area contributed by atoms with Gasteiger partial charge in [-0.25, -0.2) is 9.59 Å². The standard InChI is InChI=1S/C14H8O8/c15-11(16)5-1-2-6(12(17)18)10-8(14(21)22)4-3-7(9(5)10)13(19)20/h1-4H,(H,15,16)(H,17,18)(H,19,20)(H,21,22)/p-2. The second-order valence-corrected chi connectivity index (χ2v) is 4.26. The minimum Gasteiger partial charge on any atom is -0.545 e. The molecule has 22 heavy (non-hydrogen) atoms. The van der Waals surface area contributed by atoms with E-state index in [1.54, 1.807) is 0 Å². The molecule has 0 aliphatic rings. The number of carbonyl (C=O) groups is 4. The molecule has 0 saturated heterocycles. The van der Waals surface area contributed by atoms with E-state index in [9.17, 15) is 29.4 Å². The molecule has 2 aromatic carbocycles. The number of carboxylic acids is 4. The first-order valence-electron chi connectivity index (χ1n) is 5.74. The molecule has 8 heteroatoms. The maximum absolute atomic E-state index is 11.2. The molecule has 8 nitrogen and oxygen atoms in total. The van der Waals surface area contributed by atoms with Crippen LogP contribution >= 0.6 is 0 Å². The van der Waals surface area contributed by atoms with Crippen LogP contribution in [0.5, 0.6) is 0 Å². The highest BCUT2D eigenvalue weighted by molar-refractivity contribution is 6.21. The fraction of sp³-hybridized carbons (Fsp3) is 0. The lowest BCUT2D eigenvalue weighted by Gasteiger charge is -2.16. The maximum atomic E-state index is 11.2. The predicted molar refractivity (Wildman–Crippen MR) is 66.5 cm³/mol. The number of fused-ring (bicyclic) bond motifs is 1. The second-order valence-electron chi connectivity index (χ2n) is 4.26. The quantitative estimate of drug-likeness (QED) is 0.725. The largest absolute Gasteiger partial charge is 0.545 e. The Balaban J connectivity index is 3.17. The maximum Gasteiger partial charge on any atom is 0.336 e. The molecule has 0 unspecified atom stereocenters. The summed E-state index contributed by atoms with van der Waals surface area (Å²) < 4.78 is 0. The van der Waals surface area contributed by atoms with Crippen LogP contribution in [0.4, 0.5) is 0 Å². The zero-order valence-electron chi connectivity index (χ0n) is 10.7. The van der Waals surface area contributed by atoms with Crippen molar-refractivity contribution in [3.63, 3.8) is 0 Å². The number of hydrogen-bond acceptors (Lipinski definition) is 6. The summed E-state index contributed by atoms with van der Waals surface area (Å²) in [4.78, 5) is 44.7. The van der Waals surface area contributed by atoms with Gasteiger partial charge in [-0.1, -0.05) is 12.1 Å². The lowest BCUT2D eigenvalue weighted by molar-refractivity contribution is -0.255. The minimum atomic E-state index is -1.77. The van der Waals surface area contributed by atoms with Crippen molar-refractivity contribution in [1.29, 1.82) is 0 Å². The van der Waals surface area contributed by atoms with Gasteiger partial charge in [0, 0.05) is 21.9 Å². The fourth-order valence-corrected chi connectivity index (χ4v) is 2.19. The summed E-state index contributed by atoms with van der Waals surface area (Å²) in [6.07, 6.45) is 0. The van der Waals surface area contributed by atoms with Gasteiger partial charge >= 0.3 is 11.9 Å². The van der Waals surface area contributed by atoms with Crippen LogP contribution in [-0.2, 0) is 0 Å². The average Bonchev–Trinajstić information content (AvgIpc) is 2.43. The number of hydrogen-bond donors (Lipinski definition) is 2. The molecule has 2 rings (SSSR count). The molecule has 0 aliphatic carbocycles. The molecule has 0 spiro atoms. The third kappa shape index (κ3) is 2.22. The van der Waals surface area contributed by atoms with E-state index in [-0.39, 0.29) is 0 Å². The van der Waals surface area contributed by atoms with E-state index in [0.717, 1.165) is 24.3 Å². The number of carboxylic acid groups (broad SMARTS) is 4. The predicted octanol–water partition coefficient (Wildman–Crippen LogP) is -1.04. The van der Waals surface area contributed by atoms with Crippen LogP contribution < -0.4 is 10.2 Å². The molecule has 0 fully saturated rings. The van der Waals surface area contributed by atoms with Gasteiger partial charge in [0.15, 0.2) is 0 Å². The Morgan fingerprint density at radius 1 is 0.636 bits per heavy atom. The molecule has 2 N–H and O–H groups in total. The van der Waals surface area contributed by atoms with Gasteiger partial charge in [0.1, 0.15) is 0 Å². The number of benzene rings is 2. The minimum absolute atomic E-state index is 0.511. The first kappa shape index (κ1) is 15.0. The summed E-state index contributed by atoms with van der Waals surface area (Å²) in [5.41, 5.74) is -2.36. The van der Waals surface area contributed by atoms with E-state index in [4.69, 9.17) is 10.2 Å². The van der Waals surface area contributed by atoms with Gasteiger partial charge in [0.05, 0.1) is 23.1 Å². The highest BCUT2D eigenvalue weighted by Gasteiger charge is 2.21. The van der Waals surface area contributed by atoms with Crippen molar-refractivity contribution in [2.24, 2.45) is 0 Å². The van der Waals surface area contributed by atoms with Crippen LogP contribution in [0.15, 0.2) is 24.3 Å². The molecular formula is C14H6O8-2. The van der Waals surface area contributed by atoms with Crippen LogP contribution in [0.3, 0.4) is 0 Å². The van der Waals surface area contributed by atoms with Crippen molar-refractivity contribution in [3.05, 3.63) is 46.5 Å². The zero-order valence-corrected chi connectivity index (χ0v) is 10.7. The molecular weight excluding hydrogens is 296 g/mol. The van der Waals surface area contributed by atoms with E-state index in [0.29, 0.717) is 0 Å². The summed E-state index contributed by atoms with van der Waals surface area (Å²) in [5.74, 6) is -6.61. The van der Waals surface area contributed by atoms with Gasteiger partial charge in [-0.05, 0) is 12.1 Å². The van der Waals surface area contributed by atoms with Crippen molar-refractivity contribution >= 4 is 34.6 Å². The third-order valence-corrected chi connectivity index (χ3v) is 3.06. The van der Waals surface area contributed by atoms with Gasteiger partial charge in [-0.2, -0.15) is 0 Å². The van der Waals surface area contributed by atoms with Gasteiger partial charge in [-0.15, -0.1) is 0 Å². The van der Waals surface area contributed by atoms with Crippen molar-refractivity contribution in [2.45, 2.75) is 0 Å². The number of aromatic carboxylic acids is 4. The topological polar surface area (TPSA) is 155 Å². The molecule has 0 atom stereocenters. The normalized spacial score (nSPS) is 10.4. The number of rotatable bonds is 4. The van der Waals surface area contributed by atoms with Crippen LogP contribution in [-0.4, -0.2) is 34.1 Å².